The Balaban J connectivity index is 2.01. The molecular weight excluding hydrogens is 385 g/mol. The highest BCUT2D eigenvalue weighted by molar-refractivity contribution is 7.58. The Labute approximate surface area is 175 Å². The largest absolute Gasteiger partial charge is 0.349 e. The Morgan fingerprint density at radius 1 is 1.24 bits per heavy atom. The Morgan fingerprint density at radius 2 is 1.86 bits per heavy atom. The van der Waals surface area contributed by atoms with Crippen LogP contribution in [0.3, 0.4) is 0 Å². The van der Waals surface area contributed by atoms with Crippen LogP contribution < -0.4 is 5.32 Å². The van der Waals surface area contributed by atoms with Crippen molar-refractivity contribution in [2.45, 2.75) is 65.6 Å². The number of benzene rings is 1. The van der Waals surface area contributed by atoms with Gasteiger partial charge in [-0.05, 0) is 57.2 Å². The van der Waals surface area contributed by atoms with Gasteiger partial charge in [-0.1, -0.05) is 26.8 Å². The minimum atomic E-state index is -3.02. The molecule has 1 heterocycles. The molecule has 1 amide bonds. The highest BCUT2D eigenvalue weighted by Gasteiger charge is 2.45. The summed E-state index contributed by atoms with van der Waals surface area (Å²) in [5.74, 6) is -0.177. The summed E-state index contributed by atoms with van der Waals surface area (Å²) in [5, 5.41) is 11.6. The molecule has 29 heavy (non-hydrogen) atoms. The van der Waals surface area contributed by atoms with E-state index in [0.29, 0.717) is 43.7 Å². The summed E-state index contributed by atoms with van der Waals surface area (Å²) in [6.45, 7) is 13.8. The van der Waals surface area contributed by atoms with Gasteiger partial charge in [0.05, 0.1) is 23.4 Å². The summed E-state index contributed by atoms with van der Waals surface area (Å²) in [6, 6.07) is 8.76. The molecule has 1 unspecified atom stereocenters. The maximum Gasteiger partial charge on any atom is 0.277 e. The van der Waals surface area contributed by atoms with Gasteiger partial charge in [-0.25, -0.2) is 4.67 Å². The maximum absolute atomic E-state index is 13.8. The molecule has 1 saturated heterocycles. The summed E-state index contributed by atoms with van der Waals surface area (Å²) < 4.78 is 21.9. The topological polar surface area (TPSA) is 82.4 Å². The van der Waals surface area contributed by atoms with E-state index >= 15 is 0 Å². The number of nitrogens with one attached hydrogen (secondary N) is 1. The average molecular weight is 420 g/mol. The van der Waals surface area contributed by atoms with Crippen LogP contribution in [0.1, 0.15) is 70.3 Å². The van der Waals surface area contributed by atoms with E-state index < -0.39 is 12.7 Å². The summed E-state index contributed by atoms with van der Waals surface area (Å²) in [4.78, 5) is 12.5. The van der Waals surface area contributed by atoms with Crippen LogP contribution >= 0.6 is 7.52 Å². The molecule has 1 fully saturated rings. The fraction of sp³-hybridized carbons (Fsp3) is 0.636. The Kier molecular flexibility index (Phi) is 7.32. The smallest absolute Gasteiger partial charge is 0.277 e. The Bertz CT molecular complexity index is 810. The zero-order valence-corrected chi connectivity index (χ0v) is 19.4. The van der Waals surface area contributed by atoms with Gasteiger partial charge in [0.15, 0.2) is 0 Å². The lowest BCUT2D eigenvalue weighted by Gasteiger charge is -2.43. The standard InChI is InChI=1S/C22H34N3O3P/c1-21(2,3)16-28-29(27,22(4,5)6)25-12-10-19(11-13-25)24-20(26)18-9-7-8-17(14-18)15-23/h7-9,14,19H,10-13,16H2,1-6H3,(H,24,26). The van der Waals surface area contributed by atoms with Gasteiger partial charge in [-0.3, -0.25) is 9.36 Å². The van der Waals surface area contributed by atoms with E-state index in [1.165, 1.54) is 0 Å². The minimum absolute atomic E-state index is 0.0144. The third-order valence-electron chi connectivity index (χ3n) is 4.95. The first-order valence-corrected chi connectivity index (χ1v) is 11.7. The molecule has 1 N–H and O–H groups in total. The first-order valence-electron chi connectivity index (χ1n) is 10.2. The normalized spacial score (nSPS) is 18.7. The van der Waals surface area contributed by atoms with E-state index in [2.05, 4.69) is 32.2 Å². The fourth-order valence-corrected chi connectivity index (χ4v) is 5.97. The molecule has 0 radical (unpaired) electrons. The van der Waals surface area contributed by atoms with E-state index in [0.717, 1.165) is 0 Å². The molecule has 0 bridgehead atoms. The third kappa shape index (κ3) is 6.15. The summed E-state index contributed by atoms with van der Waals surface area (Å²) in [5.41, 5.74) is 0.889. The van der Waals surface area contributed by atoms with Gasteiger partial charge in [0.1, 0.15) is 0 Å². The lowest BCUT2D eigenvalue weighted by molar-refractivity contribution is 0.0919. The van der Waals surface area contributed by atoms with Crippen LogP contribution in [0.25, 0.3) is 0 Å². The van der Waals surface area contributed by atoms with Crippen molar-refractivity contribution in [2.75, 3.05) is 19.7 Å². The van der Waals surface area contributed by atoms with Gasteiger partial charge in [0.25, 0.3) is 13.4 Å². The van der Waals surface area contributed by atoms with Crippen molar-refractivity contribution in [2.24, 2.45) is 5.41 Å². The lowest BCUT2D eigenvalue weighted by atomic mass is 9.99. The van der Waals surface area contributed by atoms with Crippen molar-refractivity contribution in [3.63, 3.8) is 0 Å². The third-order valence-corrected chi connectivity index (χ3v) is 8.27. The van der Waals surface area contributed by atoms with Crippen LogP contribution in [0.4, 0.5) is 0 Å². The molecule has 0 spiro atoms. The minimum Gasteiger partial charge on any atom is -0.349 e. The Morgan fingerprint density at radius 3 is 2.38 bits per heavy atom. The Hall–Kier alpha value is -1.67. The van der Waals surface area contributed by atoms with Crippen LogP contribution in [0.2, 0.25) is 0 Å². The SMILES string of the molecule is CC(C)(C)COP(=O)(N1CCC(NC(=O)c2cccc(C#N)c2)CC1)C(C)(C)C. The number of nitrogens with zero attached hydrogens (tertiary/aromatic N) is 2. The van der Waals surface area contributed by atoms with Crippen LogP contribution in [0, 0.1) is 16.7 Å². The molecule has 1 aromatic rings. The number of amides is 1. The second-order valence-corrected chi connectivity index (χ2v) is 13.1. The molecule has 1 aliphatic heterocycles. The van der Waals surface area contributed by atoms with Crippen molar-refractivity contribution < 1.29 is 13.9 Å². The van der Waals surface area contributed by atoms with Crippen molar-refractivity contribution >= 4 is 13.4 Å². The number of hydrogen-bond donors (Lipinski definition) is 1. The van der Waals surface area contributed by atoms with Crippen LogP contribution in [-0.4, -0.2) is 41.5 Å². The molecule has 6 nitrogen and oxygen atoms in total. The predicted molar refractivity (Wildman–Crippen MR) is 116 cm³/mol. The second-order valence-electron chi connectivity index (χ2n) is 9.92. The monoisotopic (exact) mass is 419 g/mol. The molecule has 1 aliphatic rings. The van der Waals surface area contributed by atoms with E-state index in [-0.39, 0.29) is 17.4 Å². The van der Waals surface area contributed by atoms with Crippen molar-refractivity contribution in [3.05, 3.63) is 35.4 Å². The van der Waals surface area contributed by atoms with Crippen molar-refractivity contribution in [1.82, 2.24) is 9.99 Å². The molecule has 0 aliphatic carbocycles. The molecule has 1 atom stereocenters. The van der Waals surface area contributed by atoms with Crippen LogP contribution in [0.15, 0.2) is 24.3 Å². The number of carbonyl (C=O) groups excluding carboxylic acids is 1. The second kappa shape index (κ2) is 9.00. The van der Waals surface area contributed by atoms with Gasteiger partial charge in [-0.2, -0.15) is 5.26 Å². The lowest BCUT2D eigenvalue weighted by Crippen LogP contribution is -2.45. The highest BCUT2D eigenvalue weighted by atomic mass is 31.2. The molecule has 2 rings (SSSR count). The van der Waals surface area contributed by atoms with Gasteiger partial charge in [0.2, 0.25) is 0 Å². The van der Waals surface area contributed by atoms with Gasteiger partial charge in [0, 0.05) is 24.7 Å². The van der Waals surface area contributed by atoms with Gasteiger partial charge in [-0.15, -0.1) is 0 Å². The average Bonchev–Trinajstić information content (AvgIpc) is 2.65. The molecule has 1 aromatic carbocycles. The zero-order chi connectivity index (χ0) is 21.9. The molecule has 160 valence electrons. The number of nitriles is 1. The van der Waals surface area contributed by atoms with E-state index in [1.54, 1.807) is 24.3 Å². The summed E-state index contributed by atoms with van der Waals surface area (Å²) in [7, 11) is -3.02. The van der Waals surface area contributed by atoms with Crippen LogP contribution in [-0.2, 0) is 9.09 Å². The maximum atomic E-state index is 13.8. The highest BCUT2D eigenvalue weighted by Crippen LogP contribution is 2.62. The molecule has 0 saturated carbocycles. The number of hydrogen-bond acceptors (Lipinski definition) is 4. The molecule has 7 heteroatoms. The number of piperidine rings is 1. The van der Waals surface area contributed by atoms with E-state index in [1.807, 2.05) is 25.4 Å². The zero-order valence-electron chi connectivity index (χ0n) is 18.5. The van der Waals surface area contributed by atoms with Crippen LogP contribution in [0.5, 0.6) is 0 Å². The first-order chi connectivity index (χ1) is 13.4. The van der Waals surface area contributed by atoms with Crippen molar-refractivity contribution in [1.29, 1.82) is 5.26 Å². The fourth-order valence-electron chi connectivity index (χ4n) is 3.25. The van der Waals surface area contributed by atoms with Gasteiger partial charge < -0.3 is 9.84 Å². The van der Waals surface area contributed by atoms with E-state index in [4.69, 9.17) is 9.79 Å². The quantitative estimate of drug-likeness (QED) is 0.693. The number of carbonyl (C=O) groups is 1. The first kappa shape index (κ1) is 23.6. The summed E-state index contributed by atoms with van der Waals surface area (Å²) >= 11 is 0. The molecule has 0 aromatic heterocycles. The summed E-state index contributed by atoms with van der Waals surface area (Å²) in [6.07, 6.45) is 1.42. The molecular formula is C22H34N3O3P. The van der Waals surface area contributed by atoms with Gasteiger partial charge >= 0.3 is 0 Å². The van der Waals surface area contributed by atoms with Crippen molar-refractivity contribution in [3.8, 4) is 6.07 Å². The van der Waals surface area contributed by atoms with E-state index in [9.17, 15) is 9.36 Å². The number of rotatable bonds is 5. The predicted octanol–water partition coefficient (Wildman–Crippen LogP) is 4.81.